The first-order valence-electron chi connectivity index (χ1n) is 13.4. The van der Waals surface area contributed by atoms with E-state index in [1.807, 2.05) is 43.5 Å². The molecule has 4 aromatic rings. The van der Waals surface area contributed by atoms with Crippen molar-refractivity contribution in [1.82, 2.24) is 29.5 Å². The van der Waals surface area contributed by atoms with Crippen molar-refractivity contribution in [2.75, 3.05) is 25.5 Å². The van der Waals surface area contributed by atoms with Gasteiger partial charge in [0.1, 0.15) is 12.7 Å². The maximum absolute atomic E-state index is 14.7. The van der Waals surface area contributed by atoms with Gasteiger partial charge in [0, 0.05) is 42.1 Å². The number of likely N-dealkylation sites (tertiary alicyclic amines) is 1. The Morgan fingerprint density at radius 2 is 1.98 bits per heavy atom. The fourth-order valence-electron chi connectivity index (χ4n) is 5.00. The molecule has 4 heterocycles. The number of hydrogen-bond acceptors (Lipinski definition) is 6. The van der Waals surface area contributed by atoms with Crippen molar-refractivity contribution in [2.24, 2.45) is 0 Å². The molecule has 0 radical (unpaired) electrons. The van der Waals surface area contributed by atoms with Crippen LogP contribution in [0.4, 0.5) is 23.2 Å². The summed E-state index contributed by atoms with van der Waals surface area (Å²) in [5.74, 6) is -0.366. The number of piperidine rings is 1. The minimum absolute atomic E-state index is 0.0392. The highest BCUT2D eigenvalue weighted by Crippen LogP contribution is 2.35. The van der Waals surface area contributed by atoms with E-state index in [1.54, 1.807) is 36.5 Å². The molecule has 41 heavy (non-hydrogen) atoms. The summed E-state index contributed by atoms with van der Waals surface area (Å²) < 4.78 is 63.9. The average molecular weight is 576 g/mol. The summed E-state index contributed by atoms with van der Waals surface area (Å²) in [7, 11) is 1.85. The number of amides is 1. The second-order valence-corrected chi connectivity index (χ2v) is 11.5. The molecule has 0 unspecified atom stereocenters. The molecule has 0 aliphatic carbocycles. The Balaban J connectivity index is 1.40. The van der Waals surface area contributed by atoms with Crippen LogP contribution < -0.4 is 10.6 Å². The molecule has 0 spiro atoms. The number of hydrogen-bond donors (Lipinski definition) is 2. The number of aromatic nitrogens is 4. The van der Waals surface area contributed by atoms with Gasteiger partial charge in [0.05, 0.1) is 29.4 Å². The summed E-state index contributed by atoms with van der Waals surface area (Å²) in [5.41, 5.74) is 1.18. The normalized spacial score (nSPS) is 18.6. The molecule has 2 N–H and O–H groups in total. The molecule has 0 saturated carbocycles. The molecule has 2 atom stereocenters. The van der Waals surface area contributed by atoms with Crippen LogP contribution in [0.2, 0.25) is 0 Å². The molecule has 3 aromatic heterocycles. The van der Waals surface area contributed by atoms with Crippen molar-refractivity contribution in [2.45, 2.75) is 64.2 Å². The lowest BCUT2D eigenvalue weighted by molar-refractivity contribution is -0.139. The zero-order chi connectivity index (χ0) is 29.5. The Morgan fingerprint density at radius 3 is 2.66 bits per heavy atom. The highest BCUT2D eigenvalue weighted by atomic mass is 19.4. The topological polar surface area (TPSA) is 93.2 Å². The van der Waals surface area contributed by atoms with Gasteiger partial charge in [-0.2, -0.15) is 18.2 Å². The van der Waals surface area contributed by atoms with Crippen molar-refractivity contribution in [3.05, 3.63) is 54.2 Å². The van der Waals surface area contributed by atoms with E-state index in [0.717, 1.165) is 4.57 Å². The molecule has 1 aliphatic heterocycles. The van der Waals surface area contributed by atoms with Gasteiger partial charge in [-0.25, -0.2) is 4.39 Å². The third kappa shape index (κ3) is 6.39. The Bertz CT molecular complexity index is 1530. The smallest absolute Gasteiger partial charge is 0.379 e. The Labute approximate surface area is 234 Å². The summed E-state index contributed by atoms with van der Waals surface area (Å²) in [6.45, 7) is 5.64. The van der Waals surface area contributed by atoms with Crippen LogP contribution >= 0.6 is 0 Å². The summed E-state index contributed by atoms with van der Waals surface area (Å²) in [5, 5.41) is 10.3. The molecule has 1 fully saturated rings. The number of rotatable bonds is 7. The van der Waals surface area contributed by atoms with Crippen LogP contribution in [0.5, 0.6) is 0 Å². The van der Waals surface area contributed by atoms with E-state index in [9.17, 15) is 22.4 Å². The van der Waals surface area contributed by atoms with Crippen molar-refractivity contribution in [3.63, 3.8) is 0 Å². The van der Waals surface area contributed by atoms with E-state index in [1.165, 1.54) is 0 Å². The summed E-state index contributed by atoms with van der Waals surface area (Å²) in [6.07, 6.45) is -1.55. The van der Waals surface area contributed by atoms with E-state index in [2.05, 4.69) is 20.8 Å². The van der Waals surface area contributed by atoms with Gasteiger partial charge in [-0.3, -0.25) is 4.79 Å². The average Bonchev–Trinajstić information content (AvgIpc) is 3.63. The summed E-state index contributed by atoms with van der Waals surface area (Å²) in [4.78, 5) is 18.8. The van der Waals surface area contributed by atoms with Crippen LogP contribution in [0.3, 0.4) is 0 Å². The van der Waals surface area contributed by atoms with Gasteiger partial charge < -0.3 is 29.2 Å². The third-order valence-electron chi connectivity index (χ3n) is 7.20. The molecule has 9 nitrogen and oxygen atoms in total. The van der Waals surface area contributed by atoms with E-state index >= 15 is 0 Å². The minimum atomic E-state index is -4.52. The van der Waals surface area contributed by atoms with E-state index in [0.29, 0.717) is 35.1 Å². The SMILES string of the molecule is CN1CC[C@@H](Nc2cccc3c2cc(-c2noc(CNC(=O)c4ccn(C(C)(C)C)c4)n2)n3CC(F)(F)F)[C@@H](F)C1. The summed E-state index contributed by atoms with van der Waals surface area (Å²) in [6, 6.07) is 7.70. The lowest BCUT2D eigenvalue weighted by Gasteiger charge is -2.33. The number of nitrogens with zero attached hydrogens (tertiary/aromatic N) is 5. The standard InChI is InChI=1S/C28H33F4N7O2/c1-27(2,3)38-11-8-17(14-38)26(40)33-13-24-35-25(36-41-24)23-12-18-20(34-21-9-10-37(4)15-19(21)29)6-5-7-22(18)39(23)16-28(30,31)32/h5-8,11-12,14,19,21,34H,9-10,13,15-16H2,1-4H3,(H,33,40)/t19-,21+/m0/s1. The number of benzene rings is 1. The number of anilines is 1. The van der Waals surface area contributed by atoms with Gasteiger partial charge >= 0.3 is 6.18 Å². The van der Waals surface area contributed by atoms with Gasteiger partial charge in [0.25, 0.3) is 5.91 Å². The van der Waals surface area contributed by atoms with Gasteiger partial charge in [0.15, 0.2) is 0 Å². The monoisotopic (exact) mass is 575 g/mol. The van der Waals surface area contributed by atoms with Gasteiger partial charge in [-0.05, 0) is 58.5 Å². The van der Waals surface area contributed by atoms with E-state index in [-0.39, 0.29) is 41.9 Å². The Hall–Kier alpha value is -3.87. The quantitative estimate of drug-likeness (QED) is 0.295. The second-order valence-electron chi connectivity index (χ2n) is 11.5. The molecule has 1 aromatic carbocycles. The van der Waals surface area contributed by atoms with Crippen molar-refractivity contribution in [3.8, 4) is 11.5 Å². The van der Waals surface area contributed by atoms with Gasteiger partial charge in [0.2, 0.25) is 11.7 Å². The van der Waals surface area contributed by atoms with Crippen LogP contribution in [0, 0.1) is 0 Å². The van der Waals surface area contributed by atoms with Crippen LogP contribution in [0.25, 0.3) is 22.4 Å². The fourth-order valence-corrected chi connectivity index (χ4v) is 5.00. The molecule has 1 saturated heterocycles. The van der Waals surface area contributed by atoms with Crippen LogP contribution in [0.15, 0.2) is 47.2 Å². The first-order chi connectivity index (χ1) is 19.3. The number of fused-ring (bicyclic) bond motifs is 1. The van der Waals surface area contributed by atoms with E-state index in [4.69, 9.17) is 4.52 Å². The molecule has 220 valence electrons. The lowest BCUT2D eigenvalue weighted by atomic mass is 10.0. The number of halogens is 4. The number of carbonyl (C=O) groups excluding carboxylic acids is 1. The van der Waals surface area contributed by atoms with Crippen LogP contribution in [0.1, 0.15) is 43.4 Å². The lowest BCUT2D eigenvalue weighted by Crippen LogP contribution is -2.46. The zero-order valence-corrected chi connectivity index (χ0v) is 23.3. The van der Waals surface area contributed by atoms with Crippen molar-refractivity contribution in [1.29, 1.82) is 0 Å². The largest absolute Gasteiger partial charge is 0.406 e. The molecule has 1 amide bonds. The molecule has 5 rings (SSSR count). The molecular formula is C28H33F4N7O2. The van der Waals surface area contributed by atoms with Gasteiger partial charge in [-0.15, -0.1) is 0 Å². The van der Waals surface area contributed by atoms with E-state index < -0.39 is 24.9 Å². The predicted octanol–water partition coefficient (Wildman–Crippen LogP) is 5.19. The predicted molar refractivity (Wildman–Crippen MR) is 146 cm³/mol. The fraction of sp³-hybridized carbons (Fsp3) is 0.464. The molecule has 1 aliphatic rings. The maximum atomic E-state index is 14.7. The third-order valence-corrected chi connectivity index (χ3v) is 7.20. The Kier molecular flexibility index (Phi) is 7.58. The number of carbonyl (C=O) groups is 1. The highest BCUT2D eigenvalue weighted by Gasteiger charge is 2.32. The summed E-state index contributed by atoms with van der Waals surface area (Å²) >= 11 is 0. The van der Waals surface area contributed by atoms with Crippen LogP contribution in [-0.2, 0) is 18.6 Å². The number of alkyl halides is 4. The Morgan fingerprint density at radius 1 is 1.20 bits per heavy atom. The van der Waals surface area contributed by atoms with Crippen molar-refractivity contribution < 1.29 is 26.9 Å². The minimum Gasteiger partial charge on any atom is -0.379 e. The highest BCUT2D eigenvalue weighted by molar-refractivity contribution is 5.96. The van der Waals surface area contributed by atoms with Gasteiger partial charge in [-0.1, -0.05) is 11.2 Å². The molecule has 13 heteroatoms. The molecular weight excluding hydrogens is 542 g/mol. The first kappa shape index (κ1) is 28.7. The molecule has 0 bridgehead atoms. The number of nitrogens with one attached hydrogen (secondary N) is 2. The second kappa shape index (κ2) is 10.8. The maximum Gasteiger partial charge on any atom is 0.406 e. The van der Waals surface area contributed by atoms with Crippen molar-refractivity contribution >= 4 is 22.5 Å². The zero-order valence-electron chi connectivity index (χ0n) is 23.3. The van der Waals surface area contributed by atoms with Crippen LogP contribution in [-0.4, -0.2) is 68.6 Å². The first-order valence-corrected chi connectivity index (χ1v) is 13.4.